The number of carboxylic acids is 1. The van der Waals surface area contributed by atoms with Gasteiger partial charge in [0.1, 0.15) is 0 Å². The number of hydrogen-bond acceptors (Lipinski definition) is 4. The van der Waals surface area contributed by atoms with E-state index in [0.717, 1.165) is 4.90 Å². The maximum absolute atomic E-state index is 13.0. The standard InChI is InChI=1S/C26H19ClN2O4S/c27-17-7-3-8-18(13-17)28-23(30)15-34-20-10-4-9-19(14-20)29-25(31)21-11-1-5-16-6-2-12-22(24(16)21)26(32)33/h1-14H,15H2,(H,28,30)(H,29,31)(H,32,33). The highest BCUT2D eigenvalue weighted by atomic mass is 35.5. The van der Waals surface area contributed by atoms with Gasteiger partial charge < -0.3 is 15.7 Å². The monoisotopic (exact) mass is 490 g/mol. The molecule has 8 heteroatoms. The highest BCUT2D eigenvalue weighted by molar-refractivity contribution is 8.00. The summed E-state index contributed by atoms with van der Waals surface area (Å²) in [6.07, 6.45) is 0. The lowest BCUT2D eigenvalue weighted by atomic mass is 9.98. The molecule has 0 atom stereocenters. The first-order valence-electron chi connectivity index (χ1n) is 10.3. The van der Waals surface area contributed by atoms with Gasteiger partial charge in [-0.25, -0.2) is 4.79 Å². The van der Waals surface area contributed by atoms with Crippen LogP contribution in [0.15, 0.2) is 89.8 Å². The molecule has 0 aliphatic carbocycles. The quantitative estimate of drug-likeness (QED) is 0.269. The number of carboxylic acid groups (broad SMARTS) is 1. The Morgan fingerprint density at radius 2 is 1.44 bits per heavy atom. The number of amides is 2. The van der Waals surface area contributed by atoms with Crippen molar-refractivity contribution in [3.63, 3.8) is 0 Å². The van der Waals surface area contributed by atoms with Crippen LogP contribution in [0.25, 0.3) is 10.8 Å². The van der Waals surface area contributed by atoms with Crippen molar-refractivity contribution in [2.75, 3.05) is 16.4 Å². The third kappa shape index (κ3) is 5.57. The van der Waals surface area contributed by atoms with Gasteiger partial charge in [-0.15, -0.1) is 11.8 Å². The molecule has 0 radical (unpaired) electrons. The molecule has 0 fully saturated rings. The molecule has 0 heterocycles. The van der Waals surface area contributed by atoms with E-state index in [9.17, 15) is 19.5 Å². The number of benzene rings is 4. The zero-order valence-corrected chi connectivity index (χ0v) is 19.3. The lowest BCUT2D eigenvalue weighted by Gasteiger charge is -2.11. The van der Waals surface area contributed by atoms with Crippen molar-refractivity contribution in [1.82, 2.24) is 0 Å². The number of halogens is 1. The fourth-order valence-corrected chi connectivity index (χ4v) is 4.43. The maximum atomic E-state index is 13.0. The van der Waals surface area contributed by atoms with Gasteiger partial charge in [-0.05, 0) is 53.9 Å². The molecule has 3 N–H and O–H groups in total. The third-order valence-corrected chi connectivity index (χ3v) is 6.18. The molecule has 4 aromatic carbocycles. The van der Waals surface area contributed by atoms with E-state index in [2.05, 4.69) is 10.6 Å². The van der Waals surface area contributed by atoms with Gasteiger partial charge in [0, 0.05) is 32.2 Å². The van der Waals surface area contributed by atoms with E-state index in [-0.39, 0.29) is 22.8 Å². The van der Waals surface area contributed by atoms with Crippen LogP contribution in [0.3, 0.4) is 0 Å². The van der Waals surface area contributed by atoms with Gasteiger partial charge in [-0.1, -0.05) is 48.0 Å². The van der Waals surface area contributed by atoms with E-state index in [0.29, 0.717) is 27.2 Å². The molecular formula is C26H19ClN2O4S. The first kappa shape index (κ1) is 23.4. The summed E-state index contributed by atoms with van der Waals surface area (Å²) in [5.74, 6) is -1.52. The van der Waals surface area contributed by atoms with E-state index in [1.54, 1.807) is 72.8 Å². The van der Waals surface area contributed by atoms with E-state index in [1.807, 2.05) is 6.07 Å². The Morgan fingerprint density at radius 1 is 0.794 bits per heavy atom. The average molecular weight is 491 g/mol. The van der Waals surface area contributed by atoms with Crippen molar-refractivity contribution in [3.05, 3.63) is 101 Å². The molecule has 0 aliphatic rings. The van der Waals surface area contributed by atoms with Crippen molar-refractivity contribution in [1.29, 1.82) is 0 Å². The summed E-state index contributed by atoms with van der Waals surface area (Å²) in [5, 5.41) is 16.8. The van der Waals surface area contributed by atoms with Crippen molar-refractivity contribution in [2.45, 2.75) is 4.90 Å². The lowest BCUT2D eigenvalue weighted by molar-refractivity contribution is -0.113. The predicted octanol–water partition coefficient (Wildman–Crippen LogP) is 6.17. The smallest absolute Gasteiger partial charge is 0.336 e. The molecule has 34 heavy (non-hydrogen) atoms. The molecule has 6 nitrogen and oxygen atoms in total. The van der Waals surface area contributed by atoms with Crippen LogP contribution in [0.2, 0.25) is 5.02 Å². The van der Waals surface area contributed by atoms with Crippen LogP contribution in [0.5, 0.6) is 0 Å². The number of nitrogens with one attached hydrogen (secondary N) is 2. The number of thioether (sulfide) groups is 1. The number of carbonyl (C=O) groups is 3. The maximum Gasteiger partial charge on any atom is 0.336 e. The second-order valence-corrected chi connectivity index (χ2v) is 8.83. The Labute approximate surface area is 204 Å². The molecule has 0 spiro atoms. The minimum atomic E-state index is -1.10. The summed E-state index contributed by atoms with van der Waals surface area (Å²) in [4.78, 5) is 37.8. The van der Waals surface area contributed by atoms with Crippen LogP contribution >= 0.6 is 23.4 Å². The second-order valence-electron chi connectivity index (χ2n) is 7.34. The van der Waals surface area contributed by atoms with Gasteiger partial charge >= 0.3 is 5.97 Å². The largest absolute Gasteiger partial charge is 0.478 e. The topological polar surface area (TPSA) is 95.5 Å². The van der Waals surface area contributed by atoms with E-state index in [1.165, 1.54) is 17.8 Å². The summed E-state index contributed by atoms with van der Waals surface area (Å²) in [6, 6.07) is 24.0. The molecule has 0 aliphatic heterocycles. The van der Waals surface area contributed by atoms with Crippen LogP contribution in [0, 0.1) is 0 Å². The molecular weight excluding hydrogens is 472 g/mol. The van der Waals surface area contributed by atoms with Crippen molar-refractivity contribution in [3.8, 4) is 0 Å². The number of rotatable bonds is 7. The van der Waals surface area contributed by atoms with Gasteiger partial charge in [0.2, 0.25) is 5.91 Å². The molecule has 0 bridgehead atoms. The van der Waals surface area contributed by atoms with Crippen molar-refractivity contribution < 1.29 is 19.5 Å². The molecule has 4 rings (SSSR count). The molecule has 0 unspecified atom stereocenters. The van der Waals surface area contributed by atoms with E-state index in [4.69, 9.17) is 11.6 Å². The highest BCUT2D eigenvalue weighted by Crippen LogP contribution is 2.26. The zero-order valence-electron chi connectivity index (χ0n) is 17.7. The lowest BCUT2D eigenvalue weighted by Crippen LogP contribution is -2.14. The highest BCUT2D eigenvalue weighted by Gasteiger charge is 2.17. The number of hydrogen-bond donors (Lipinski definition) is 3. The summed E-state index contributed by atoms with van der Waals surface area (Å²) in [7, 11) is 0. The van der Waals surface area contributed by atoms with Crippen LogP contribution in [0.4, 0.5) is 11.4 Å². The predicted molar refractivity (Wildman–Crippen MR) is 136 cm³/mol. The molecule has 0 saturated heterocycles. The molecule has 0 saturated carbocycles. The fraction of sp³-hybridized carbons (Fsp3) is 0.0385. The van der Waals surface area contributed by atoms with Crippen LogP contribution in [-0.2, 0) is 4.79 Å². The number of fused-ring (bicyclic) bond motifs is 1. The Morgan fingerprint density at radius 3 is 2.15 bits per heavy atom. The second kappa shape index (κ2) is 10.4. The van der Waals surface area contributed by atoms with Crippen LogP contribution in [-0.4, -0.2) is 28.6 Å². The third-order valence-electron chi connectivity index (χ3n) is 4.95. The summed E-state index contributed by atoms with van der Waals surface area (Å²) in [5.41, 5.74) is 1.50. The van der Waals surface area contributed by atoms with Crippen LogP contribution < -0.4 is 10.6 Å². The number of carbonyl (C=O) groups excluding carboxylic acids is 2. The van der Waals surface area contributed by atoms with Crippen molar-refractivity contribution >= 4 is 63.3 Å². The van der Waals surface area contributed by atoms with Gasteiger partial charge in [0.15, 0.2) is 0 Å². The summed E-state index contributed by atoms with van der Waals surface area (Å²) < 4.78 is 0. The van der Waals surface area contributed by atoms with Crippen molar-refractivity contribution in [2.24, 2.45) is 0 Å². The Balaban J connectivity index is 1.46. The Bertz CT molecular complexity index is 1400. The van der Waals surface area contributed by atoms with E-state index < -0.39 is 11.9 Å². The first-order valence-corrected chi connectivity index (χ1v) is 11.6. The Kier molecular flexibility index (Phi) is 7.15. The average Bonchev–Trinajstić information content (AvgIpc) is 2.82. The van der Waals surface area contributed by atoms with Gasteiger partial charge in [0.25, 0.3) is 5.91 Å². The normalized spacial score (nSPS) is 10.6. The van der Waals surface area contributed by atoms with Gasteiger partial charge in [-0.2, -0.15) is 0 Å². The number of anilines is 2. The van der Waals surface area contributed by atoms with Gasteiger partial charge in [0.05, 0.1) is 11.3 Å². The Hall–Kier alpha value is -3.81. The molecule has 4 aromatic rings. The first-order chi connectivity index (χ1) is 16.4. The molecule has 2 amide bonds. The van der Waals surface area contributed by atoms with Crippen LogP contribution in [0.1, 0.15) is 20.7 Å². The minimum absolute atomic E-state index is 0.0678. The molecule has 0 aromatic heterocycles. The molecule has 170 valence electrons. The minimum Gasteiger partial charge on any atom is -0.478 e. The fourth-order valence-electron chi connectivity index (χ4n) is 3.48. The SMILES string of the molecule is O=C(CSc1cccc(NC(=O)c2cccc3cccc(C(=O)O)c23)c1)Nc1cccc(Cl)c1. The summed E-state index contributed by atoms with van der Waals surface area (Å²) >= 11 is 7.26. The number of aromatic carboxylic acids is 1. The van der Waals surface area contributed by atoms with E-state index >= 15 is 0 Å². The zero-order chi connectivity index (χ0) is 24.1. The van der Waals surface area contributed by atoms with Gasteiger partial charge in [-0.3, -0.25) is 9.59 Å². The summed E-state index contributed by atoms with van der Waals surface area (Å²) in [6.45, 7) is 0.